The number of aliphatic hydroxyl groups is 1. The van der Waals surface area contributed by atoms with Crippen molar-refractivity contribution in [3.63, 3.8) is 0 Å². The van der Waals surface area contributed by atoms with Crippen LogP contribution >= 0.6 is 45.2 Å². The minimum atomic E-state index is -0.350. The van der Waals surface area contributed by atoms with E-state index in [1.807, 2.05) is 12.1 Å². The Morgan fingerprint density at radius 2 is 1.95 bits per heavy atom. The lowest BCUT2D eigenvalue weighted by atomic mass is 10.2. The van der Waals surface area contributed by atoms with E-state index < -0.39 is 0 Å². The number of aromatic hydroxyl groups is 1. The van der Waals surface area contributed by atoms with Gasteiger partial charge in [-0.15, -0.1) is 0 Å². The van der Waals surface area contributed by atoms with Gasteiger partial charge < -0.3 is 20.4 Å². The molecule has 1 saturated heterocycles. The normalized spacial score (nSPS) is 17.6. The van der Waals surface area contributed by atoms with E-state index in [9.17, 15) is 10.2 Å². The summed E-state index contributed by atoms with van der Waals surface area (Å²) in [5, 5.41) is 23.2. The van der Waals surface area contributed by atoms with Crippen molar-refractivity contribution in [3.8, 4) is 5.75 Å². The summed E-state index contributed by atoms with van der Waals surface area (Å²) in [6, 6.07) is 3.92. The Bertz CT molecular complexity index is 451. The van der Waals surface area contributed by atoms with Crippen LogP contribution in [0.3, 0.4) is 0 Å². The van der Waals surface area contributed by atoms with Gasteiger partial charge in [0.1, 0.15) is 5.75 Å². The molecule has 0 radical (unpaired) electrons. The fourth-order valence-corrected chi connectivity index (χ4v) is 4.42. The maximum atomic E-state index is 10.00. The molecule has 1 aromatic rings. The quantitative estimate of drug-likeness (QED) is 0.523. The van der Waals surface area contributed by atoms with Crippen LogP contribution in [-0.4, -0.2) is 47.4 Å². The number of hydrogen-bond acceptors (Lipinski definition) is 4. The largest absolute Gasteiger partial charge is 0.507 e. The first-order chi connectivity index (χ1) is 9.56. The van der Waals surface area contributed by atoms with E-state index in [0.717, 1.165) is 32.3 Å². The van der Waals surface area contributed by atoms with Crippen LogP contribution in [0.25, 0.3) is 0 Å². The molecule has 6 heteroatoms. The van der Waals surface area contributed by atoms with Gasteiger partial charge in [0, 0.05) is 28.8 Å². The Labute approximate surface area is 147 Å². The number of benzene rings is 1. The fraction of sp³-hybridized carbons (Fsp3) is 0.571. The highest BCUT2D eigenvalue weighted by Crippen LogP contribution is 2.26. The van der Waals surface area contributed by atoms with Crippen LogP contribution in [0.1, 0.15) is 18.4 Å². The molecule has 2 rings (SSSR count). The summed E-state index contributed by atoms with van der Waals surface area (Å²) in [5.41, 5.74) is 0.884. The number of aliphatic hydroxyl groups excluding tert-OH is 1. The molecule has 0 spiro atoms. The number of phenolic OH excluding ortho intramolecular Hbond substituents is 1. The Kier molecular flexibility index (Phi) is 6.79. The molecule has 0 bridgehead atoms. The van der Waals surface area contributed by atoms with E-state index >= 15 is 0 Å². The minimum absolute atomic E-state index is 0.340. The Morgan fingerprint density at radius 3 is 2.65 bits per heavy atom. The molecule has 0 amide bonds. The molecular formula is C14H20I2N2O2. The molecule has 1 unspecified atom stereocenters. The molecule has 4 nitrogen and oxygen atoms in total. The zero-order valence-corrected chi connectivity index (χ0v) is 15.6. The lowest BCUT2D eigenvalue weighted by Gasteiger charge is -2.19. The second-order valence-electron chi connectivity index (χ2n) is 5.19. The fourth-order valence-electron chi connectivity index (χ4n) is 2.46. The summed E-state index contributed by atoms with van der Waals surface area (Å²) < 4.78 is 1.98. The summed E-state index contributed by atoms with van der Waals surface area (Å²) in [7, 11) is 0. The molecule has 20 heavy (non-hydrogen) atoms. The van der Waals surface area contributed by atoms with E-state index in [2.05, 4.69) is 55.4 Å². The first-order valence-corrected chi connectivity index (χ1v) is 9.00. The van der Waals surface area contributed by atoms with Gasteiger partial charge in [-0.2, -0.15) is 0 Å². The van der Waals surface area contributed by atoms with Crippen LogP contribution in [0.4, 0.5) is 0 Å². The maximum absolute atomic E-state index is 10.00. The van der Waals surface area contributed by atoms with Crippen LogP contribution < -0.4 is 5.32 Å². The number of β-amino-alcohol motifs (C(OH)–C–C–N with tert-alkyl or cyclic N) is 1. The third-order valence-corrected chi connectivity index (χ3v) is 4.92. The third-order valence-electron chi connectivity index (χ3n) is 3.47. The van der Waals surface area contributed by atoms with E-state index in [4.69, 9.17) is 0 Å². The minimum Gasteiger partial charge on any atom is -0.507 e. The summed E-state index contributed by atoms with van der Waals surface area (Å²) in [4.78, 5) is 2.30. The topological polar surface area (TPSA) is 55.7 Å². The molecule has 1 aliphatic heterocycles. The standard InChI is InChI=1S/C14H20I2N2O2/c15-11-5-10(14(20)13(16)6-11)7-17-8-12(19)9-18-3-1-2-4-18/h5-6,12,17,19-20H,1-4,7-9H2. The highest BCUT2D eigenvalue weighted by atomic mass is 127. The second kappa shape index (κ2) is 8.11. The predicted octanol–water partition coefficient (Wildman–Crippen LogP) is 2.15. The van der Waals surface area contributed by atoms with Crippen molar-refractivity contribution in [2.45, 2.75) is 25.5 Å². The lowest BCUT2D eigenvalue weighted by Crippen LogP contribution is -2.36. The number of nitrogens with zero attached hydrogens (tertiary/aromatic N) is 1. The molecule has 112 valence electrons. The second-order valence-corrected chi connectivity index (χ2v) is 7.60. The zero-order chi connectivity index (χ0) is 14.5. The van der Waals surface area contributed by atoms with Crippen molar-refractivity contribution in [1.82, 2.24) is 10.2 Å². The highest BCUT2D eigenvalue weighted by Gasteiger charge is 2.15. The number of hydrogen-bond donors (Lipinski definition) is 3. The summed E-state index contributed by atoms with van der Waals surface area (Å²) in [5.74, 6) is 0.340. The van der Waals surface area contributed by atoms with E-state index in [0.29, 0.717) is 18.8 Å². The first-order valence-electron chi connectivity index (χ1n) is 6.84. The Morgan fingerprint density at radius 1 is 1.25 bits per heavy atom. The number of halogens is 2. The van der Waals surface area contributed by atoms with Gasteiger partial charge in [0.25, 0.3) is 0 Å². The van der Waals surface area contributed by atoms with Gasteiger partial charge in [-0.25, -0.2) is 0 Å². The molecule has 1 heterocycles. The van der Waals surface area contributed by atoms with E-state index in [1.165, 1.54) is 12.8 Å². The summed E-state index contributed by atoms with van der Waals surface area (Å²) in [6.45, 7) is 4.08. The predicted molar refractivity (Wildman–Crippen MR) is 96.9 cm³/mol. The number of nitrogens with one attached hydrogen (secondary N) is 1. The van der Waals surface area contributed by atoms with Crippen molar-refractivity contribution in [2.75, 3.05) is 26.2 Å². The monoisotopic (exact) mass is 502 g/mol. The molecule has 0 aliphatic carbocycles. The van der Waals surface area contributed by atoms with Gasteiger partial charge in [-0.1, -0.05) is 0 Å². The summed E-state index contributed by atoms with van der Waals surface area (Å²) in [6.07, 6.45) is 2.14. The average Bonchev–Trinajstić information content (AvgIpc) is 2.87. The Balaban J connectivity index is 1.77. The van der Waals surface area contributed by atoms with Crippen molar-refractivity contribution < 1.29 is 10.2 Å². The lowest BCUT2D eigenvalue weighted by molar-refractivity contribution is 0.123. The van der Waals surface area contributed by atoms with E-state index in [1.54, 1.807) is 0 Å². The molecular weight excluding hydrogens is 482 g/mol. The Hall–Kier alpha value is 0.360. The number of rotatable bonds is 6. The van der Waals surface area contributed by atoms with E-state index in [-0.39, 0.29) is 6.10 Å². The van der Waals surface area contributed by atoms with Gasteiger partial charge in [0.15, 0.2) is 0 Å². The zero-order valence-electron chi connectivity index (χ0n) is 11.3. The van der Waals surface area contributed by atoms with Crippen LogP contribution in [0.15, 0.2) is 12.1 Å². The van der Waals surface area contributed by atoms with Crippen LogP contribution in [0.2, 0.25) is 0 Å². The van der Waals surface area contributed by atoms with Crippen LogP contribution in [0.5, 0.6) is 5.75 Å². The van der Waals surface area contributed by atoms with Gasteiger partial charge >= 0.3 is 0 Å². The van der Waals surface area contributed by atoms with Gasteiger partial charge in [-0.3, -0.25) is 0 Å². The molecule has 0 saturated carbocycles. The molecule has 1 atom stereocenters. The van der Waals surface area contributed by atoms with Crippen molar-refractivity contribution in [1.29, 1.82) is 0 Å². The first kappa shape index (κ1) is 16.7. The number of likely N-dealkylation sites (tertiary alicyclic amines) is 1. The third kappa shape index (κ3) is 4.97. The van der Waals surface area contributed by atoms with Gasteiger partial charge in [-0.05, 0) is 83.2 Å². The van der Waals surface area contributed by atoms with Gasteiger partial charge in [0.2, 0.25) is 0 Å². The van der Waals surface area contributed by atoms with Crippen LogP contribution in [-0.2, 0) is 6.54 Å². The maximum Gasteiger partial charge on any atom is 0.133 e. The molecule has 1 fully saturated rings. The van der Waals surface area contributed by atoms with Crippen LogP contribution in [0, 0.1) is 7.14 Å². The smallest absolute Gasteiger partial charge is 0.133 e. The van der Waals surface area contributed by atoms with Crippen molar-refractivity contribution in [3.05, 3.63) is 24.8 Å². The SMILES string of the molecule is Oc1c(I)cc(I)cc1CNCC(O)CN1CCCC1. The van der Waals surface area contributed by atoms with Crippen molar-refractivity contribution >= 4 is 45.2 Å². The molecule has 3 N–H and O–H groups in total. The molecule has 1 aliphatic rings. The highest BCUT2D eigenvalue weighted by molar-refractivity contribution is 14.1. The summed E-state index contributed by atoms with van der Waals surface area (Å²) >= 11 is 4.38. The van der Waals surface area contributed by atoms with Crippen molar-refractivity contribution in [2.24, 2.45) is 0 Å². The molecule has 0 aromatic heterocycles. The number of phenols is 1. The molecule has 1 aromatic carbocycles. The average molecular weight is 502 g/mol. The van der Waals surface area contributed by atoms with Gasteiger partial charge in [0.05, 0.1) is 9.67 Å².